The third-order valence-corrected chi connectivity index (χ3v) is 8.90. The number of thiazole rings is 1. The summed E-state index contributed by atoms with van der Waals surface area (Å²) in [7, 11) is 0. The molecule has 1 N–H and O–H groups in total. The zero-order chi connectivity index (χ0) is 23.3. The molecule has 3 aromatic rings. The predicted molar refractivity (Wildman–Crippen MR) is 132 cm³/mol. The minimum Gasteiger partial charge on any atom is -0.465 e. The molecule has 0 spiro atoms. The van der Waals surface area contributed by atoms with Crippen molar-refractivity contribution in [2.24, 2.45) is 11.8 Å². The van der Waals surface area contributed by atoms with Gasteiger partial charge in [-0.3, -0.25) is 9.69 Å². The predicted octanol–water partition coefficient (Wildman–Crippen LogP) is 5.57. The minimum absolute atomic E-state index is 0.152. The Labute approximate surface area is 211 Å². The zero-order valence-electron chi connectivity index (χ0n) is 16.8. The summed E-state index contributed by atoms with van der Waals surface area (Å²) < 4.78 is 0. The van der Waals surface area contributed by atoms with Crippen LogP contribution in [0, 0.1) is 11.8 Å². The molecule has 0 aliphatic carbocycles. The normalized spacial score (nSPS) is 19.7. The van der Waals surface area contributed by atoms with Crippen LogP contribution in [0.5, 0.6) is 0 Å². The number of hydrogen-bond donors (Lipinski definition) is 1. The van der Waals surface area contributed by atoms with E-state index in [1.165, 1.54) is 38.7 Å². The number of halogens is 3. The number of likely N-dealkylation sites (tertiary alicyclic amines) is 1. The standard InChI is InChI=1S/C20H16Cl3N5O3S2/c21-12-1-15(32-8-12)16-18(26-4-10-6-27(20(30)31)7-11(10)5-26)33-19(25-16)28(9-29)13-2-14(22)17(23)24-3-13/h1-3,8-11H,4-7H2,(H,30,31). The van der Waals surface area contributed by atoms with Gasteiger partial charge < -0.3 is 14.9 Å². The van der Waals surface area contributed by atoms with Crippen molar-refractivity contribution in [1.82, 2.24) is 14.9 Å². The van der Waals surface area contributed by atoms with Gasteiger partial charge in [0.05, 0.1) is 26.8 Å². The Bertz CT molecular complexity index is 1220. The van der Waals surface area contributed by atoms with Gasteiger partial charge in [0.15, 0.2) is 5.13 Å². The van der Waals surface area contributed by atoms with E-state index >= 15 is 0 Å². The molecule has 13 heteroatoms. The van der Waals surface area contributed by atoms with Gasteiger partial charge in [-0.2, -0.15) is 0 Å². The molecule has 2 fully saturated rings. The number of carboxylic acid groups (broad SMARTS) is 1. The van der Waals surface area contributed by atoms with E-state index in [0.717, 1.165) is 28.7 Å². The first-order valence-electron chi connectivity index (χ1n) is 9.87. The first-order valence-corrected chi connectivity index (χ1v) is 12.7. The summed E-state index contributed by atoms with van der Waals surface area (Å²) in [5.41, 5.74) is 1.19. The average molecular weight is 545 g/mol. The van der Waals surface area contributed by atoms with Gasteiger partial charge in [-0.15, -0.1) is 11.3 Å². The van der Waals surface area contributed by atoms with Crippen LogP contribution >= 0.6 is 57.5 Å². The Morgan fingerprint density at radius 2 is 1.91 bits per heavy atom. The van der Waals surface area contributed by atoms with Crippen molar-refractivity contribution >= 4 is 85.8 Å². The molecule has 2 aliphatic rings. The number of thiophene rings is 1. The second kappa shape index (κ2) is 8.92. The summed E-state index contributed by atoms with van der Waals surface area (Å²) in [5, 5.41) is 13.5. The summed E-state index contributed by atoms with van der Waals surface area (Å²) in [4.78, 5) is 38.2. The van der Waals surface area contributed by atoms with Gasteiger partial charge >= 0.3 is 6.09 Å². The molecule has 0 aromatic carbocycles. The molecular formula is C20H16Cl3N5O3S2. The maximum absolute atomic E-state index is 12.0. The third kappa shape index (κ3) is 4.26. The second-order valence-electron chi connectivity index (χ2n) is 7.83. The van der Waals surface area contributed by atoms with Gasteiger partial charge in [0.2, 0.25) is 6.41 Å². The van der Waals surface area contributed by atoms with E-state index in [-0.39, 0.29) is 22.0 Å². The lowest BCUT2D eigenvalue weighted by Gasteiger charge is -2.21. The van der Waals surface area contributed by atoms with Crippen LogP contribution in [-0.4, -0.2) is 58.7 Å². The highest BCUT2D eigenvalue weighted by Gasteiger charge is 2.43. The van der Waals surface area contributed by atoms with E-state index < -0.39 is 6.09 Å². The fraction of sp³-hybridized carbons (Fsp3) is 0.300. The van der Waals surface area contributed by atoms with Crippen LogP contribution in [0.1, 0.15) is 0 Å². The van der Waals surface area contributed by atoms with Crippen LogP contribution in [0.2, 0.25) is 15.2 Å². The molecule has 0 saturated carbocycles. The van der Waals surface area contributed by atoms with Gasteiger partial charge in [-0.1, -0.05) is 46.1 Å². The first kappa shape index (κ1) is 22.7. The van der Waals surface area contributed by atoms with Crippen LogP contribution in [0.25, 0.3) is 10.6 Å². The Morgan fingerprint density at radius 1 is 1.18 bits per heavy atom. The average Bonchev–Trinajstić information content (AvgIpc) is 3.53. The van der Waals surface area contributed by atoms with E-state index in [4.69, 9.17) is 39.8 Å². The maximum Gasteiger partial charge on any atom is 0.407 e. The largest absolute Gasteiger partial charge is 0.465 e. The smallest absolute Gasteiger partial charge is 0.407 e. The van der Waals surface area contributed by atoms with Crippen molar-refractivity contribution in [1.29, 1.82) is 0 Å². The van der Waals surface area contributed by atoms with Crippen molar-refractivity contribution in [2.75, 3.05) is 36.0 Å². The Hall–Kier alpha value is -2.11. The number of anilines is 3. The number of fused-ring (bicyclic) bond motifs is 1. The van der Waals surface area contributed by atoms with Gasteiger partial charge in [0.25, 0.3) is 0 Å². The number of carbonyl (C=O) groups excluding carboxylic acids is 1. The van der Waals surface area contributed by atoms with Crippen LogP contribution in [0.15, 0.2) is 23.7 Å². The van der Waals surface area contributed by atoms with Gasteiger partial charge in [-0.25, -0.2) is 14.8 Å². The van der Waals surface area contributed by atoms with Crippen LogP contribution in [0.4, 0.5) is 20.6 Å². The SMILES string of the molecule is O=CN(c1cnc(Cl)c(Cl)c1)c1nc(-c2cc(Cl)cs2)c(N2CC3CN(C(=O)O)CC3C2)s1. The molecule has 2 aliphatic heterocycles. The van der Waals surface area contributed by atoms with E-state index in [1.54, 1.807) is 6.07 Å². The molecule has 0 bridgehead atoms. The van der Waals surface area contributed by atoms with Crippen LogP contribution in [-0.2, 0) is 4.79 Å². The molecule has 8 nitrogen and oxygen atoms in total. The first-order chi connectivity index (χ1) is 15.8. The summed E-state index contributed by atoms with van der Waals surface area (Å²) in [6.45, 7) is 2.49. The van der Waals surface area contributed by atoms with Crippen LogP contribution < -0.4 is 9.80 Å². The maximum atomic E-state index is 12.0. The summed E-state index contributed by atoms with van der Waals surface area (Å²) >= 11 is 21.1. The van der Waals surface area contributed by atoms with E-state index in [2.05, 4.69) is 9.88 Å². The lowest BCUT2D eigenvalue weighted by atomic mass is 10.0. The van der Waals surface area contributed by atoms with Crippen LogP contribution in [0.3, 0.4) is 0 Å². The molecule has 5 heterocycles. The summed E-state index contributed by atoms with van der Waals surface area (Å²) in [6.07, 6.45) is 1.26. The van der Waals surface area contributed by atoms with E-state index in [9.17, 15) is 14.7 Å². The molecule has 5 rings (SSSR count). The molecule has 2 amide bonds. The van der Waals surface area contributed by atoms with E-state index in [0.29, 0.717) is 35.3 Å². The van der Waals surface area contributed by atoms with Crippen molar-refractivity contribution in [3.05, 3.63) is 38.9 Å². The Balaban J connectivity index is 1.51. The van der Waals surface area contributed by atoms with Crippen molar-refractivity contribution in [3.8, 4) is 10.6 Å². The number of carbonyl (C=O) groups is 2. The summed E-state index contributed by atoms with van der Waals surface area (Å²) in [6, 6.07) is 3.42. The van der Waals surface area contributed by atoms with Gasteiger partial charge in [0.1, 0.15) is 15.8 Å². The van der Waals surface area contributed by atoms with Gasteiger partial charge in [0, 0.05) is 43.4 Å². The fourth-order valence-corrected chi connectivity index (χ4v) is 6.77. The fourth-order valence-electron chi connectivity index (χ4n) is 4.29. The second-order valence-corrected chi connectivity index (χ2v) is 10.9. The highest BCUT2D eigenvalue weighted by atomic mass is 35.5. The van der Waals surface area contributed by atoms with Crippen molar-refractivity contribution < 1.29 is 14.7 Å². The third-order valence-electron chi connectivity index (χ3n) is 5.81. The number of rotatable bonds is 5. The van der Waals surface area contributed by atoms with E-state index in [1.807, 2.05) is 11.4 Å². The topological polar surface area (TPSA) is 89.9 Å². The molecule has 33 heavy (non-hydrogen) atoms. The molecule has 2 atom stereocenters. The number of amides is 2. The molecule has 2 saturated heterocycles. The number of nitrogens with zero attached hydrogens (tertiary/aromatic N) is 5. The Kier molecular flexibility index (Phi) is 6.13. The highest BCUT2D eigenvalue weighted by Crippen LogP contribution is 2.47. The lowest BCUT2D eigenvalue weighted by molar-refractivity contribution is -0.106. The molecule has 172 valence electrons. The molecule has 0 radical (unpaired) electrons. The quantitative estimate of drug-likeness (QED) is 0.334. The zero-order valence-corrected chi connectivity index (χ0v) is 20.7. The Morgan fingerprint density at radius 3 is 2.48 bits per heavy atom. The molecule has 2 unspecified atom stereocenters. The van der Waals surface area contributed by atoms with Crippen molar-refractivity contribution in [3.63, 3.8) is 0 Å². The minimum atomic E-state index is -0.873. The van der Waals surface area contributed by atoms with Crippen molar-refractivity contribution in [2.45, 2.75) is 0 Å². The molecular weight excluding hydrogens is 529 g/mol. The molecule has 3 aromatic heterocycles. The summed E-state index contributed by atoms with van der Waals surface area (Å²) in [5.74, 6) is 0.515. The lowest BCUT2D eigenvalue weighted by Crippen LogP contribution is -2.32. The monoisotopic (exact) mass is 543 g/mol. The van der Waals surface area contributed by atoms with Gasteiger partial charge in [-0.05, 0) is 12.1 Å². The number of pyridine rings is 1. The highest BCUT2D eigenvalue weighted by molar-refractivity contribution is 7.21. The number of aromatic nitrogens is 2. The number of hydrogen-bond acceptors (Lipinski definition) is 7.